The average molecular weight is 225 g/mol. The van der Waals surface area contributed by atoms with Gasteiger partial charge in [0.2, 0.25) is 11.6 Å². The van der Waals surface area contributed by atoms with Gasteiger partial charge in [0.15, 0.2) is 0 Å². The molecule has 0 amide bonds. The van der Waals surface area contributed by atoms with Gasteiger partial charge >= 0.3 is 5.69 Å². The highest BCUT2D eigenvalue weighted by atomic mass is 16.6. The summed E-state index contributed by atoms with van der Waals surface area (Å²) >= 11 is 0. The molecular weight excluding hydrogens is 210 g/mol. The van der Waals surface area contributed by atoms with Crippen LogP contribution in [0.5, 0.6) is 0 Å². The maximum Gasteiger partial charge on any atom is 0.352 e. The van der Waals surface area contributed by atoms with Crippen molar-refractivity contribution in [1.29, 1.82) is 0 Å². The molecule has 1 rings (SSSR count). The standard InChI is InChI=1S/C9H15N5O2/c1-3-6(2)4-11-9-7(14(15)16)8(10)12-5-13-9/h5-6H,3-4H2,1-2H3,(H3,10,11,12,13). The van der Waals surface area contributed by atoms with Crippen molar-refractivity contribution >= 4 is 17.3 Å². The zero-order valence-corrected chi connectivity index (χ0v) is 9.30. The Morgan fingerprint density at radius 3 is 2.88 bits per heavy atom. The minimum absolute atomic E-state index is 0.119. The topological polar surface area (TPSA) is 107 Å². The molecule has 7 heteroatoms. The van der Waals surface area contributed by atoms with E-state index in [0.717, 1.165) is 6.42 Å². The maximum atomic E-state index is 10.8. The molecule has 7 nitrogen and oxygen atoms in total. The van der Waals surface area contributed by atoms with Gasteiger partial charge in [-0.2, -0.15) is 0 Å². The Balaban J connectivity index is 2.87. The van der Waals surface area contributed by atoms with Crippen molar-refractivity contribution in [1.82, 2.24) is 9.97 Å². The largest absolute Gasteiger partial charge is 0.378 e. The van der Waals surface area contributed by atoms with Crippen molar-refractivity contribution in [3.05, 3.63) is 16.4 Å². The maximum absolute atomic E-state index is 10.8. The van der Waals surface area contributed by atoms with Crippen LogP contribution in [-0.4, -0.2) is 21.4 Å². The third kappa shape index (κ3) is 2.78. The molecule has 3 N–H and O–H groups in total. The van der Waals surface area contributed by atoms with Crippen LogP contribution in [0.3, 0.4) is 0 Å². The summed E-state index contributed by atoms with van der Waals surface area (Å²) in [6.07, 6.45) is 2.20. The quantitative estimate of drug-likeness (QED) is 0.579. The van der Waals surface area contributed by atoms with Crippen LogP contribution in [0.1, 0.15) is 20.3 Å². The van der Waals surface area contributed by atoms with E-state index >= 15 is 0 Å². The molecule has 1 aromatic rings. The molecule has 0 spiro atoms. The first kappa shape index (κ1) is 12.2. The zero-order valence-electron chi connectivity index (χ0n) is 9.30. The van der Waals surface area contributed by atoms with E-state index in [9.17, 15) is 10.1 Å². The summed E-state index contributed by atoms with van der Waals surface area (Å²) in [5.74, 6) is 0.472. The molecule has 1 unspecified atom stereocenters. The van der Waals surface area contributed by atoms with Crippen LogP contribution in [-0.2, 0) is 0 Å². The predicted molar refractivity (Wildman–Crippen MR) is 61.0 cm³/mol. The molecule has 0 aliphatic rings. The average Bonchev–Trinajstić information content (AvgIpc) is 2.25. The van der Waals surface area contributed by atoms with Crippen LogP contribution in [0.2, 0.25) is 0 Å². The second-order valence-corrected chi connectivity index (χ2v) is 3.61. The molecule has 0 saturated carbocycles. The summed E-state index contributed by atoms with van der Waals surface area (Å²) in [6.45, 7) is 4.71. The lowest BCUT2D eigenvalue weighted by Gasteiger charge is -2.10. The molecule has 0 aliphatic heterocycles. The number of nitro groups is 1. The van der Waals surface area contributed by atoms with Gasteiger partial charge in [0.1, 0.15) is 6.33 Å². The third-order valence-corrected chi connectivity index (χ3v) is 2.35. The Hall–Kier alpha value is -1.92. The summed E-state index contributed by atoms with van der Waals surface area (Å²) in [4.78, 5) is 17.6. The first-order valence-electron chi connectivity index (χ1n) is 5.05. The van der Waals surface area contributed by atoms with Crippen LogP contribution in [0, 0.1) is 16.0 Å². The van der Waals surface area contributed by atoms with Crippen molar-refractivity contribution in [2.24, 2.45) is 5.92 Å². The normalized spacial score (nSPS) is 12.1. The molecule has 1 heterocycles. The van der Waals surface area contributed by atoms with Crippen molar-refractivity contribution < 1.29 is 4.92 Å². The SMILES string of the molecule is CCC(C)CNc1ncnc(N)c1[N+](=O)[O-]. The van der Waals surface area contributed by atoms with Crippen molar-refractivity contribution in [3.8, 4) is 0 Å². The number of nitrogens with one attached hydrogen (secondary N) is 1. The fourth-order valence-corrected chi connectivity index (χ4v) is 1.12. The van der Waals surface area contributed by atoms with E-state index in [-0.39, 0.29) is 17.3 Å². The predicted octanol–water partition coefficient (Wildman–Crippen LogP) is 1.42. The van der Waals surface area contributed by atoms with Crippen LogP contribution >= 0.6 is 0 Å². The highest BCUT2D eigenvalue weighted by Gasteiger charge is 2.20. The summed E-state index contributed by atoms with van der Waals surface area (Å²) in [5.41, 5.74) is 5.17. The number of nitrogens with two attached hydrogens (primary N) is 1. The number of anilines is 2. The van der Waals surface area contributed by atoms with Gasteiger partial charge in [-0.3, -0.25) is 10.1 Å². The highest BCUT2D eigenvalue weighted by molar-refractivity contribution is 5.67. The van der Waals surface area contributed by atoms with Crippen LogP contribution < -0.4 is 11.1 Å². The first-order valence-corrected chi connectivity index (χ1v) is 5.05. The minimum atomic E-state index is -0.575. The second kappa shape index (κ2) is 5.24. The smallest absolute Gasteiger partial charge is 0.352 e. The van der Waals surface area contributed by atoms with E-state index in [0.29, 0.717) is 12.5 Å². The molecule has 88 valence electrons. The summed E-state index contributed by atoms with van der Waals surface area (Å²) in [5, 5.41) is 13.7. The van der Waals surface area contributed by atoms with Crippen LogP contribution in [0.15, 0.2) is 6.33 Å². The van der Waals surface area contributed by atoms with E-state index in [1.54, 1.807) is 0 Å². The lowest BCUT2D eigenvalue weighted by Crippen LogP contribution is -2.13. The number of nitrogens with zero attached hydrogens (tertiary/aromatic N) is 3. The number of rotatable bonds is 5. The van der Waals surface area contributed by atoms with Gasteiger partial charge in [0.25, 0.3) is 0 Å². The molecular formula is C9H15N5O2. The lowest BCUT2D eigenvalue weighted by molar-refractivity contribution is -0.383. The Morgan fingerprint density at radius 2 is 2.31 bits per heavy atom. The molecule has 0 saturated heterocycles. The van der Waals surface area contributed by atoms with E-state index < -0.39 is 4.92 Å². The van der Waals surface area contributed by atoms with Crippen molar-refractivity contribution in [2.45, 2.75) is 20.3 Å². The number of hydrogen-bond acceptors (Lipinski definition) is 6. The summed E-state index contributed by atoms with van der Waals surface area (Å²) in [6, 6.07) is 0. The van der Waals surface area contributed by atoms with Crippen molar-refractivity contribution in [3.63, 3.8) is 0 Å². The van der Waals surface area contributed by atoms with Gasteiger partial charge in [0.05, 0.1) is 4.92 Å². The molecule has 0 bridgehead atoms. The van der Waals surface area contributed by atoms with Gasteiger partial charge in [-0.1, -0.05) is 20.3 Å². The van der Waals surface area contributed by atoms with Gasteiger partial charge in [-0.25, -0.2) is 9.97 Å². The number of aromatic nitrogens is 2. The monoisotopic (exact) mass is 225 g/mol. The molecule has 1 aromatic heterocycles. The summed E-state index contributed by atoms with van der Waals surface area (Å²) < 4.78 is 0. The van der Waals surface area contributed by atoms with Crippen LogP contribution in [0.25, 0.3) is 0 Å². The fourth-order valence-electron chi connectivity index (χ4n) is 1.12. The third-order valence-electron chi connectivity index (χ3n) is 2.35. The molecule has 0 radical (unpaired) electrons. The Morgan fingerprint density at radius 1 is 1.62 bits per heavy atom. The van der Waals surface area contributed by atoms with Crippen molar-refractivity contribution in [2.75, 3.05) is 17.6 Å². The van der Waals surface area contributed by atoms with Crippen LogP contribution in [0.4, 0.5) is 17.3 Å². The molecule has 16 heavy (non-hydrogen) atoms. The molecule has 0 aliphatic carbocycles. The lowest BCUT2D eigenvalue weighted by atomic mass is 10.1. The number of nitrogen functional groups attached to an aromatic ring is 1. The van der Waals surface area contributed by atoms with Gasteiger partial charge < -0.3 is 11.1 Å². The van der Waals surface area contributed by atoms with E-state index in [1.807, 2.05) is 6.92 Å². The Labute approximate surface area is 93.2 Å². The first-order chi connectivity index (χ1) is 7.56. The van der Waals surface area contributed by atoms with E-state index in [1.165, 1.54) is 6.33 Å². The van der Waals surface area contributed by atoms with Gasteiger partial charge in [-0.15, -0.1) is 0 Å². The van der Waals surface area contributed by atoms with Gasteiger partial charge in [-0.05, 0) is 5.92 Å². The van der Waals surface area contributed by atoms with Gasteiger partial charge in [0, 0.05) is 6.54 Å². The Bertz CT molecular complexity index is 382. The van der Waals surface area contributed by atoms with E-state index in [4.69, 9.17) is 5.73 Å². The number of hydrogen-bond donors (Lipinski definition) is 2. The molecule has 0 aromatic carbocycles. The second-order valence-electron chi connectivity index (χ2n) is 3.61. The molecule has 0 fully saturated rings. The zero-order chi connectivity index (χ0) is 12.1. The minimum Gasteiger partial charge on any atom is -0.378 e. The highest BCUT2D eigenvalue weighted by Crippen LogP contribution is 2.26. The molecule has 1 atom stereocenters. The Kier molecular flexibility index (Phi) is 3.98. The fraction of sp³-hybridized carbons (Fsp3) is 0.556. The van der Waals surface area contributed by atoms with E-state index in [2.05, 4.69) is 22.2 Å². The summed E-state index contributed by atoms with van der Waals surface area (Å²) in [7, 11) is 0.